The first-order valence-corrected chi connectivity index (χ1v) is 12.7. The van der Waals surface area contributed by atoms with Gasteiger partial charge in [0.25, 0.3) is 0 Å². The Labute approximate surface area is 221 Å². The minimum atomic E-state index is -0.313. The first-order chi connectivity index (χ1) is 17.9. The van der Waals surface area contributed by atoms with Gasteiger partial charge in [-0.15, -0.1) is 0 Å². The summed E-state index contributed by atoms with van der Waals surface area (Å²) in [4.78, 5) is 13.4. The Morgan fingerprint density at radius 1 is 1.11 bits per heavy atom. The van der Waals surface area contributed by atoms with Crippen LogP contribution in [0.4, 0.5) is 15.8 Å². The van der Waals surface area contributed by atoms with Crippen molar-refractivity contribution in [2.24, 2.45) is 5.73 Å². The van der Waals surface area contributed by atoms with E-state index in [1.54, 1.807) is 42.6 Å². The van der Waals surface area contributed by atoms with Gasteiger partial charge in [-0.05, 0) is 85.8 Å². The molecule has 0 spiro atoms. The summed E-state index contributed by atoms with van der Waals surface area (Å²) in [6, 6.07) is 16.6. The fraction of sp³-hybridized carbons (Fsp3) is 0.276. The second-order valence-corrected chi connectivity index (χ2v) is 9.31. The highest BCUT2D eigenvalue weighted by atomic mass is 35.5. The van der Waals surface area contributed by atoms with Crippen molar-refractivity contribution in [2.75, 3.05) is 25.1 Å². The van der Waals surface area contributed by atoms with Crippen molar-refractivity contribution in [2.45, 2.75) is 32.5 Å². The molecular formula is C29H31ClFN3O3. The van der Waals surface area contributed by atoms with Crippen LogP contribution in [0.3, 0.4) is 0 Å². The molecule has 1 fully saturated rings. The largest absolute Gasteiger partial charge is 0.397 e. The summed E-state index contributed by atoms with van der Waals surface area (Å²) in [5.41, 5.74) is 10.6. The van der Waals surface area contributed by atoms with E-state index >= 15 is 0 Å². The number of anilines is 2. The molecule has 1 atom stereocenters. The highest BCUT2D eigenvalue weighted by Crippen LogP contribution is 2.27. The number of carbonyl (C=O) groups excluding carboxylic acids is 1. The zero-order valence-electron chi connectivity index (χ0n) is 20.7. The van der Waals surface area contributed by atoms with Crippen LogP contribution >= 0.6 is 11.6 Å². The summed E-state index contributed by atoms with van der Waals surface area (Å²) in [5.74, 6) is -0.508. The van der Waals surface area contributed by atoms with E-state index in [9.17, 15) is 9.18 Å². The molecule has 194 valence electrons. The van der Waals surface area contributed by atoms with Crippen molar-refractivity contribution in [1.29, 1.82) is 0 Å². The molecule has 4 N–H and O–H groups in total. The molecule has 0 amide bonds. The standard InChI is InChI=1S/C29H31ClFN3O3/c1-19-5-6-20(27(32)18-33-13-15-37-28-4-2-3-14-36-28)16-25(19)29(35)24-12-11-23(17-26(24)30)34-22-9-7-21(31)8-10-22/h5-12,16-18,28,33-34H,2-4,13-15,32H2,1H3/b27-18-. The van der Waals surface area contributed by atoms with Gasteiger partial charge in [0, 0.05) is 41.9 Å². The summed E-state index contributed by atoms with van der Waals surface area (Å²) in [5, 5.41) is 6.62. The Bertz CT molecular complexity index is 1260. The molecule has 1 unspecified atom stereocenters. The topological polar surface area (TPSA) is 85.6 Å². The minimum absolute atomic E-state index is 0.123. The predicted molar refractivity (Wildman–Crippen MR) is 145 cm³/mol. The second kappa shape index (κ2) is 12.7. The van der Waals surface area contributed by atoms with Crippen molar-refractivity contribution in [1.82, 2.24) is 5.32 Å². The van der Waals surface area contributed by atoms with Crippen LogP contribution in [-0.4, -0.2) is 31.8 Å². The van der Waals surface area contributed by atoms with Gasteiger partial charge in [-0.25, -0.2) is 4.39 Å². The van der Waals surface area contributed by atoms with Crippen LogP contribution in [0.15, 0.2) is 66.9 Å². The quantitative estimate of drug-likeness (QED) is 0.218. The van der Waals surface area contributed by atoms with Crippen LogP contribution in [0.2, 0.25) is 5.02 Å². The van der Waals surface area contributed by atoms with Crippen LogP contribution in [0, 0.1) is 12.7 Å². The number of hydrogen-bond acceptors (Lipinski definition) is 6. The Hall–Kier alpha value is -3.39. The fourth-order valence-electron chi connectivity index (χ4n) is 4.03. The molecule has 1 aliphatic rings. The monoisotopic (exact) mass is 523 g/mol. The smallest absolute Gasteiger partial charge is 0.194 e. The van der Waals surface area contributed by atoms with Gasteiger partial charge in [-0.1, -0.05) is 23.7 Å². The average molecular weight is 524 g/mol. The van der Waals surface area contributed by atoms with E-state index in [-0.39, 0.29) is 17.9 Å². The summed E-state index contributed by atoms with van der Waals surface area (Å²) < 4.78 is 24.4. The Morgan fingerprint density at radius 3 is 2.62 bits per heavy atom. The van der Waals surface area contributed by atoms with Crippen molar-refractivity contribution < 1.29 is 18.7 Å². The second-order valence-electron chi connectivity index (χ2n) is 8.91. The van der Waals surface area contributed by atoms with Crippen molar-refractivity contribution >= 4 is 34.5 Å². The number of rotatable bonds is 10. The SMILES string of the molecule is Cc1ccc(/C(N)=C/NCCOC2CCCCO2)cc1C(=O)c1ccc(Nc2ccc(F)cc2)cc1Cl. The molecule has 1 heterocycles. The van der Waals surface area contributed by atoms with Gasteiger partial charge < -0.3 is 25.8 Å². The van der Waals surface area contributed by atoms with E-state index in [0.717, 1.165) is 37.0 Å². The summed E-state index contributed by atoms with van der Waals surface area (Å²) in [6.45, 7) is 3.72. The van der Waals surface area contributed by atoms with Gasteiger partial charge in [0.2, 0.25) is 0 Å². The Morgan fingerprint density at radius 2 is 1.89 bits per heavy atom. The van der Waals surface area contributed by atoms with Crippen molar-refractivity contribution in [3.8, 4) is 0 Å². The molecule has 1 aliphatic heterocycles. The lowest BCUT2D eigenvalue weighted by Gasteiger charge is -2.22. The maximum absolute atomic E-state index is 13.4. The summed E-state index contributed by atoms with van der Waals surface area (Å²) >= 11 is 6.49. The van der Waals surface area contributed by atoms with Gasteiger partial charge in [-0.2, -0.15) is 0 Å². The number of halogens is 2. The number of nitrogens with one attached hydrogen (secondary N) is 2. The molecule has 1 saturated heterocycles. The maximum atomic E-state index is 13.4. The normalized spacial score (nSPS) is 15.9. The molecule has 0 radical (unpaired) electrons. The highest BCUT2D eigenvalue weighted by molar-refractivity contribution is 6.35. The molecule has 4 rings (SSSR count). The Balaban J connectivity index is 1.40. The molecule has 3 aromatic rings. The van der Waals surface area contributed by atoms with Gasteiger partial charge in [-0.3, -0.25) is 4.79 Å². The number of aryl methyl sites for hydroxylation is 1. The van der Waals surface area contributed by atoms with E-state index in [1.165, 1.54) is 12.1 Å². The molecule has 0 aromatic heterocycles. The third-order valence-corrected chi connectivity index (χ3v) is 6.42. The lowest BCUT2D eigenvalue weighted by atomic mass is 9.96. The van der Waals surface area contributed by atoms with Crippen molar-refractivity contribution in [3.05, 3.63) is 100.0 Å². The zero-order valence-corrected chi connectivity index (χ0v) is 21.5. The first kappa shape index (κ1) is 26.7. The third kappa shape index (κ3) is 7.32. The van der Waals surface area contributed by atoms with E-state index in [1.807, 2.05) is 19.1 Å². The summed E-state index contributed by atoms with van der Waals surface area (Å²) in [6.07, 6.45) is 4.73. The number of ketones is 1. The van der Waals surface area contributed by atoms with Crippen LogP contribution in [0.25, 0.3) is 5.70 Å². The number of ether oxygens (including phenoxy) is 2. The minimum Gasteiger partial charge on any atom is -0.397 e. The van der Waals surface area contributed by atoms with Crippen molar-refractivity contribution in [3.63, 3.8) is 0 Å². The first-order valence-electron chi connectivity index (χ1n) is 12.3. The number of nitrogens with two attached hydrogens (primary N) is 1. The molecule has 0 aliphatic carbocycles. The molecular weight excluding hydrogens is 493 g/mol. The van der Waals surface area contributed by atoms with E-state index in [0.29, 0.717) is 46.4 Å². The van der Waals surface area contributed by atoms with Gasteiger partial charge >= 0.3 is 0 Å². The van der Waals surface area contributed by atoms with E-state index in [2.05, 4.69) is 10.6 Å². The van der Waals surface area contributed by atoms with E-state index in [4.69, 9.17) is 26.8 Å². The van der Waals surface area contributed by atoms with Crippen LogP contribution in [0.5, 0.6) is 0 Å². The van der Waals surface area contributed by atoms with E-state index < -0.39 is 0 Å². The lowest BCUT2D eigenvalue weighted by Crippen LogP contribution is -2.26. The third-order valence-electron chi connectivity index (χ3n) is 6.11. The molecule has 3 aromatic carbocycles. The number of carbonyl (C=O) groups is 1. The molecule has 0 saturated carbocycles. The molecule has 8 heteroatoms. The Kier molecular flexibility index (Phi) is 9.17. The number of benzene rings is 3. The van der Waals surface area contributed by atoms with Crippen LogP contribution in [-0.2, 0) is 9.47 Å². The van der Waals surface area contributed by atoms with Gasteiger partial charge in [0.15, 0.2) is 12.1 Å². The molecule has 0 bridgehead atoms. The fourth-order valence-corrected chi connectivity index (χ4v) is 4.29. The zero-order chi connectivity index (χ0) is 26.2. The maximum Gasteiger partial charge on any atom is 0.194 e. The highest BCUT2D eigenvalue weighted by Gasteiger charge is 2.17. The predicted octanol–water partition coefficient (Wildman–Crippen LogP) is 6.15. The van der Waals surface area contributed by atoms with Crippen LogP contribution in [0.1, 0.15) is 46.3 Å². The molecule has 6 nitrogen and oxygen atoms in total. The van der Waals surface area contributed by atoms with Gasteiger partial charge in [0.1, 0.15) is 5.82 Å². The van der Waals surface area contributed by atoms with Crippen LogP contribution < -0.4 is 16.4 Å². The number of hydrogen-bond donors (Lipinski definition) is 3. The lowest BCUT2D eigenvalue weighted by molar-refractivity contribution is -0.161. The average Bonchev–Trinajstić information content (AvgIpc) is 2.90. The summed E-state index contributed by atoms with van der Waals surface area (Å²) in [7, 11) is 0. The van der Waals surface area contributed by atoms with Gasteiger partial charge in [0.05, 0.1) is 17.3 Å². The molecule has 37 heavy (non-hydrogen) atoms.